The lowest BCUT2D eigenvalue weighted by Gasteiger charge is -2.32. The van der Waals surface area contributed by atoms with Gasteiger partial charge in [-0.05, 0) is 56.0 Å². The molecule has 4 nitrogen and oxygen atoms in total. The van der Waals surface area contributed by atoms with E-state index >= 15 is 0 Å². The van der Waals surface area contributed by atoms with Gasteiger partial charge in [0, 0.05) is 18.3 Å². The maximum atomic E-state index is 11.9. The number of rotatable bonds is 4. The van der Waals surface area contributed by atoms with Crippen molar-refractivity contribution in [2.75, 3.05) is 20.6 Å². The number of halogens is 1. The molecule has 1 aromatic heterocycles. The molecule has 1 heterocycles. The van der Waals surface area contributed by atoms with Crippen LogP contribution >= 0.6 is 15.9 Å². The molecule has 0 aromatic carbocycles. The molecule has 17 heavy (non-hydrogen) atoms. The summed E-state index contributed by atoms with van der Waals surface area (Å²) in [7, 11) is 3.98. The van der Waals surface area contributed by atoms with Crippen LogP contribution in [0.25, 0.3) is 0 Å². The minimum atomic E-state index is -0.111. The smallest absolute Gasteiger partial charge is 0.254 e. The molecule has 0 aliphatic carbocycles. The van der Waals surface area contributed by atoms with E-state index in [1.54, 1.807) is 18.3 Å². The van der Waals surface area contributed by atoms with Crippen LogP contribution in [0.4, 0.5) is 0 Å². The third kappa shape index (κ3) is 3.78. The Morgan fingerprint density at radius 1 is 1.53 bits per heavy atom. The number of carbonyl (C=O) groups excluding carboxylic acids is 1. The molecular formula is C12H18BrN3O. The van der Waals surface area contributed by atoms with E-state index in [9.17, 15) is 4.79 Å². The van der Waals surface area contributed by atoms with E-state index in [4.69, 9.17) is 0 Å². The van der Waals surface area contributed by atoms with Crippen LogP contribution in [-0.4, -0.2) is 42.0 Å². The van der Waals surface area contributed by atoms with Gasteiger partial charge in [0.25, 0.3) is 5.91 Å². The van der Waals surface area contributed by atoms with Gasteiger partial charge in [-0.1, -0.05) is 0 Å². The predicted molar refractivity (Wildman–Crippen MR) is 72.0 cm³/mol. The van der Waals surface area contributed by atoms with Crippen molar-refractivity contribution in [3.05, 3.63) is 28.5 Å². The van der Waals surface area contributed by atoms with E-state index in [0.717, 1.165) is 0 Å². The standard InChI is InChI=1S/C12H18BrN3O/c1-12(2,16(3)4)8-15-11(17)9-6-5-7-14-10(9)13/h5-7H,8H2,1-4H3,(H,15,17). The summed E-state index contributed by atoms with van der Waals surface area (Å²) in [5.74, 6) is -0.111. The number of carbonyl (C=O) groups is 1. The van der Waals surface area contributed by atoms with Crippen molar-refractivity contribution >= 4 is 21.8 Å². The summed E-state index contributed by atoms with van der Waals surface area (Å²) in [4.78, 5) is 18.0. The van der Waals surface area contributed by atoms with Crippen LogP contribution in [0, 0.1) is 0 Å². The summed E-state index contributed by atoms with van der Waals surface area (Å²) in [5.41, 5.74) is 0.478. The molecule has 1 N–H and O–H groups in total. The highest BCUT2D eigenvalue weighted by atomic mass is 79.9. The Labute approximate surface area is 111 Å². The lowest BCUT2D eigenvalue weighted by atomic mass is 10.0. The van der Waals surface area contributed by atoms with Gasteiger partial charge in [0.05, 0.1) is 5.56 Å². The summed E-state index contributed by atoms with van der Waals surface area (Å²) < 4.78 is 0.570. The molecule has 1 amide bonds. The maximum absolute atomic E-state index is 11.9. The number of hydrogen-bond acceptors (Lipinski definition) is 3. The van der Waals surface area contributed by atoms with E-state index in [0.29, 0.717) is 16.7 Å². The Morgan fingerprint density at radius 3 is 2.71 bits per heavy atom. The van der Waals surface area contributed by atoms with Crippen molar-refractivity contribution in [1.29, 1.82) is 0 Å². The van der Waals surface area contributed by atoms with Gasteiger partial charge in [0.1, 0.15) is 4.60 Å². The van der Waals surface area contributed by atoms with E-state index < -0.39 is 0 Å². The topological polar surface area (TPSA) is 45.2 Å². The second-order valence-electron chi connectivity index (χ2n) is 4.73. The van der Waals surface area contributed by atoms with Gasteiger partial charge >= 0.3 is 0 Å². The van der Waals surface area contributed by atoms with E-state index in [1.165, 1.54) is 0 Å². The molecule has 94 valence electrons. The molecule has 1 aromatic rings. The molecule has 0 aliphatic heterocycles. The number of pyridine rings is 1. The maximum Gasteiger partial charge on any atom is 0.254 e. The molecule has 0 saturated carbocycles. The lowest BCUT2D eigenvalue weighted by Crippen LogP contribution is -2.48. The highest BCUT2D eigenvalue weighted by molar-refractivity contribution is 9.10. The monoisotopic (exact) mass is 299 g/mol. The van der Waals surface area contributed by atoms with E-state index in [-0.39, 0.29) is 11.4 Å². The van der Waals surface area contributed by atoms with Crippen molar-refractivity contribution in [2.45, 2.75) is 19.4 Å². The largest absolute Gasteiger partial charge is 0.350 e. The van der Waals surface area contributed by atoms with Gasteiger partial charge in [-0.3, -0.25) is 4.79 Å². The Bertz CT molecular complexity index is 404. The second kappa shape index (κ2) is 5.60. The molecule has 0 aliphatic rings. The molecule has 0 fully saturated rings. The highest BCUT2D eigenvalue weighted by Crippen LogP contribution is 2.13. The number of nitrogens with zero attached hydrogens (tertiary/aromatic N) is 2. The van der Waals surface area contributed by atoms with E-state index in [1.807, 2.05) is 14.1 Å². The number of amides is 1. The molecule has 1 rings (SSSR count). The van der Waals surface area contributed by atoms with Gasteiger partial charge in [0.2, 0.25) is 0 Å². The molecule has 0 spiro atoms. The molecule has 0 atom stereocenters. The fourth-order valence-corrected chi connectivity index (χ4v) is 1.54. The van der Waals surface area contributed by atoms with Crippen molar-refractivity contribution in [2.24, 2.45) is 0 Å². The number of aromatic nitrogens is 1. The molecular weight excluding hydrogens is 282 g/mol. The summed E-state index contributed by atoms with van der Waals surface area (Å²) in [6.45, 7) is 4.73. The fraction of sp³-hybridized carbons (Fsp3) is 0.500. The molecule has 5 heteroatoms. The zero-order chi connectivity index (χ0) is 13.1. The second-order valence-corrected chi connectivity index (χ2v) is 5.48. The van der Waals surface area contributed by atoms with Crippen LogP contribution in [0.2, 0.25) is 0 Å². The number of hydrogen-bond donors (Lipinski definition) is 1. The predicted octanol–water partition coefficient (Wildman–Crippen LogP) is 1.91. The Morgan fingerprint density at radius 2 is 2.18 bits per heavy atom. The van der Waals surface area contributed by atoms with Crippen molar-refractivity contribution < 1.29 is 4.79 Å². The molecule has 0 unspecified atom stereocenters. The van der Waals surface area contributed by atoms with Crippen LogP contribution < -0.4 is 5.32 Å². The highest BCUT2D eigenvalue weighted by Gasteiger charge is 2.21. The first kappa shape index (κ1) is 14.1. The Kier molecular flexibility index (Phi) is 4.65. The first-order chi connectivity index (χ1) is 7.84. The summed E-state index contributed by atoms with van der Waals surface area (Å²) in [5, 5.41) is 2.91. The normalized spacial score (nSPS) is 11.6. The third-order valence-corrected chi connectivity index (χ3v) is 3.53. The van der Waals surface area contributed by atoms with Gasteiger partial charge in [-0.15, -0.1) is 0 Å². The summed E-state index contributed by atoms with van der Waals surface area (Å²) >= 11 is 3.26. The first-order valence-corrected chi connectivity index (χ1v) is 6.20. The van der Waals surface area contributed by atoms with Gasteiger partial charge in [-0.2, -0.15) is 0 Å². The average molecular weight is 300 g/mol. The zero-order valence-corrected chi connectivity index (χ0v) is 12.2. The SMILES string of the molecule is CN(C)C(C)(C)CNC(=O)c1cccnc1Br. The molecule has 0 bridgehead atoms. The van der Waals surface area contributed by atoms with Gasteiger partial charge < -0.3 is 10.2 Å². The number of likely N-dealkylation sites (N-methyl/N-ethyl adjacent to an activating group) is 1. The summed E-state index contributed by atoms with van der Waals surface area (Å²) in [6.07, 6.45) is 1.64. The van der Waals surface area contributed by atoms with E-state index in [2.05, 4.69) is 45.0 Å². The number of nitrogens with one attached hydrogen (secondary N) is 1. The van der Waals surface area contributed by atoms with Gasteiger partial charge in [0.15, 0.2) is 0 Å². The molecule has 0 saturated heterocycles. The van der Waals surface area contributed by atoms with Gasteiger partial charge in [-0.25, -0.2) is 4.98 Å². The van der Waals surface area contributed by atoms with Crippen LogP contribution in [0.1, 0.15) is 24.2 Å². The minimum Gasteiger partial charge on any atom is -0.350 e. The Hall–Kier alpha value is -0.940. The third-order valence-electron chi connectivity index (χ3n) is 2.90. The van der Waals surface area contributed by atoms with Crippen molar-refractivity contribution in [1.82, 2.24) is 15.2 Å². The average Bonchev–Trinajstić information content (AvgIpc) is 2.26. The van der Waals surface area contributed by atoms with Crippen LogP contribution in [0.5, 0.6) is 0 Å². The fourth-order valence-electron chi connectivity index (χ4n) is 1.11. The van der Waals surface area contributed by atoms with Crippen LogP contribution in [0.3, 0.4) is 0 Å². The first-order valence-electron chi connectivity index (χ1n) is 5.41. The summed E-state index contributed by atoms with van der Waals surface area (Å²) in [6, 6.07) is 3.49. The molecule has 0 radical (unpaired) electrons. The zero-order valence-electron chi connectivity index (χ0n) is 10.6. The van der Waals surface area contributed by atoms with Crippen molar-refractivity contribution in [3.63, 3.8) is 0 Å². The Balaban J connectivity index is 2.66. The van der Waals surface area contributed by atoms with Crippen LogP contribution in [0.15, 0.2) is 22.9 Å². The van der Waals surface area contributed by atoms with Crippen LogP contribution in [-0.2, 0) is 0 Å². The minimum absolute atomic E-state index is 0.0790. The lowest BCUT2D eigenvalue weighted by molar-refractivity contribution is 0.0918. The quantitative estimate of drug-likeness (QED) is 0.864. The van der Waals surface area contributed by atoms with Crippen molar-refractivity contribution in [3.8, 4) is 0 Å².